The number of aromatic hydroxyl groups is 1. The second-order valence-electron chi connectivity index (χ2n) is 3.68. The van der Waals surface area contributed by atoms with Crippen molar-refractivity contribution in [3.63, 3.8) is 0 Å². The molecule has 8 heteroatoms. The van der Waals surface area contributed by atoms with E-state index >= 15 is 0 Å². The summed E-state index contributed by atoms with van der Waals surface area (Å²) in [5.74, 6) is 0.527. The number of nitrogens with zero attached hydrogens (tertiary/aromatic N) is 3. The lowest BCUT2D eigenvalue weighted by Crippen LogP contribution is -2.24. The summed E-state index contributed by atoms with van der Waals surface area (Å²) >= 11 is 0. The first-order valence-electron chi connectivity index (χ1n) is 5.10. The van der Waals surface area contributed by atoms with Crippen LogP contribution < -0.4 is 4.72 Å². The Bertz CT molecular complexity index is 633. The number of rotatable bonds is 4. The summed E-state index contributed by atoms with van der Waals surface area (Å²) in [6.07, 6.45) is 1.49. The van der Waals surface area contributed by atoms with Gasteiger partial charge < -0.3 is 9.67 Å². The lowest BCUT2D eigenvalue weighted by atomic mass is 10.3. The number of sulfonamides is 1. The molecule has 0 amide bonds. The number of phenolic OH excluding ortho intramolecular Hbond substituents is 1. The quantitative estimate of drug-likeness (QED) is 0.813. The molecule has 96 valence electrons. The van der Waals surface area contributed by atoms with Gasteiger partial charge in [0.15, 0.2) is 0 Å². The molecule has 1 aromatic carbocycles. The van der Waals surface area contributed by atoms with E-state index in [1.165, 1.54) is 30.6 Å². The van der Waals surface area contributed by atoms with E-state index in [1.54, 1.807) is 11.6 Å². The van der Waals surface area contributed by atoms with Crippen molar-refractivity contribution in [1.82, 2.24) is 19.5 Å². The van der Waals surface area contributed by atoms with Crippen molar-refractivity contribution in [2.45, 2.75) is 11.4 Å². The Morgan fingerprint density at radius 3 is 2.56 bits per heavy atom. The van der Waals surface area contributed by atoms with Crippen LogP contribution >= 0.6 is 0 Å². The van der Waals surface area contributed by atoms with Gasteiger partial charge in [-0.2, -0.15) is 0 Å². The zero-order valence-electron chi connectivity index (χ0n) is 9.61. The maximum absolute atomic E-state index is 11.9. The van der Waals surface area contributed by atoms with Gasteiger partial charge in [0.25, 0.3) is 0 Å². The van der Waals surface area contributed by atoms with Crippen LogP contribution in [0.15, 0.2) is 35.5 Å². The van der Waals surface area contributed by atoms with Gasteiger partial charge in [-0.1, -0.05) is 0 Å². The van der Waals surface area contributed by atoms with Crippen molar-refractivity contribution in [3.8, 4) is 5.75 Å². The predicted octanol–water partition coefficient (Wildman–Crippen LogP) is -0.000800. The highest BCUT2D eigenvalue weighted by Gasteiger charge is 2.14. The maximum atomic E-state index is 11.9. The summed E-state index contributed by atoms with van der Waals surface area (Å²) in [5, 5.41) is 16.5. The van der Waals surface area contributed by atoms with Crippen molar-refractivity contribution < 1.29 is 13.5 Å². The highest BCUT2D eigenvalue weighted by atomic mass is 32.2. The van der Waals surface area contributed by atoms with Gasteiger partial charge in [-0.25, -0.2) is 13.1 Å². The highest BCUT2D eigenvalue weighted by Crippen LogP contribution is 2.14. The second kappa shape index (κ2) is 4.75. The molecule has 18 heavy (non-hydrogen) atoms. The van der Waals surface area contributed by atoms with E-state index in [0.717, 1.165) is 0 Å². The molecule has 0 saturated heterocycles. The van der Waals surface area contributed by atoms with Crippen LogP contribution in [-0.4, -0.2) is 28.3 Å². The zero-order chi connectivity index (χ0) is 13.2. The number of nitrogens with one attached hydrogen (secondary N) is 1. The van der Waals surface area contributed by atoms with Gasteiger partial charge in [0.2, 0.25) is 10.0 Å². The minimum atomic E-state index is -3.61. The van der Waals surface area contributed by atoms with E-state index in [4.69, 9.17) is 5.11 Å². The fourth-order valence-corrected chi connectivity index (χ4v) is 2.32. The average molecular weight is 268 g/mol. The Morgan fingerprint density at radius 2 is 2.00 bits per heavy atom. The Balaban J connectivity index is 2.13. The zero-order valence-corrected chi connectivity index (χ0v) is 10.4. The van der Waals surface area contributed by atoms with Crippen molar-refractivity contribution in [2.24, 2.45) is 7.05 Å². The Labute approximate surface area is 104 Å². The number of phenols is 1. The van der Waals surface area contributed by atoms with E-state index in [1.807, 2.05) is 0 Å². The van der Waals surface area contributed by atoms with Crippen molar-refractivity contribution in [3.05, 3.63) is 36.4 Å². The van der Waals surface area contributed by atoms with Crippen molar-refractivity contribution >= 4 is 10.0 Å². The second-order valence-corrected chi connectivity index (χ2v) is 5.44. The highest BCUT2D eigenvalue weighted by molar-refractivity contribution is 7.89. The Morgan fingerprint density at radius 1 is 1.33 bits per heavy atom. The molecule has 2 aromatic rings. The third-order valence-electron chi connectivity index (χ3n) is 2.37. The van der Waals surface area contributed by atoms with Gasteiger partial charge in [0.05, 0.1) is 11.4 Å². The minimum Gasteiger partial charge on any atom is -0.508 e. The van der Waals surface area contributed by atoms with Crippen LogP contribution in [0.1, 0.15) is 5.82 Å². The summed E-state index contributed by atoms with van der Waals surface area (Å²) in [6, 6.07) is 5.29. The van der Waals surface area contributed by atoms with Crippen LogP contribution in [0.3, 0.4) is 0 Å². The standard InChI is InChI=1S/C10H12N4O3S/c1-14-7-11-13-10(14)6-12-18(16,17)9-4-2-8(15)3-5-9/h2-5,7,12,15H,6H2,1H3. The molecule has 0 bridgehead atoms. The Hall–Kier alpha value is -1.93. The van der Waals surface area contributed by atoms with Crippen LogP contribution in [-0.2, 0) is 23.6 Å². The van der Waals surface area contributed by atoms with Crippen LogP contribution in [0.4, 0.5) is 0 Å². The lowest BCUT2D eigenvalue weighted by molar-refractivity contribution is 0.474. The normalized spacial score (nSPS) is 11.6. The Kier molecular flexibility index (Phi) is 3.30. The van der Waals surface area contributed by atoms with Crippen LogP contribution in [0.5, 0.6) is 5.75 Å². The summed E-state index contributed by atoms with van der Waals surface area (Å²) < 4.78 is 27.8. The fraction of sp³-hybridized carbons (Fsp3) is 0.200. The summed E-state index contributed by atoms with van der Waals surface area (Å²) in [5.41, 5.74) is 0. The van der Waals surface area contributed by atoms with Crippen molar-refractivity contribution in [2.75, 3.05) is 0 Å². The van der Waals surface area contributed by atoms with Gasteiger partial charge in [-0.05, 0) is 24.3 Å². The van der Waals surface area contributed by atoms with E-state index in [2.05, 4.69) is 14.9 Å². The molecule has 0 saturated carbocycles. The molecule has 2 rings (SSSR count). The minimum absolute atomic E-state index is 0.0160. The number of hydrogen-bond donors (Lipinski definition) is 2. The predicted molar refractivity (Wildman–Crippen MR) is 63.1 cm³/mol. The molecule has 0 aliphatic rings. The van der Waals surface area contributed by atoms with Crippen LogP contribution in [0.25, 0.3) is 0 Å². The van der Waals surface area contributed by atoms with Gasteiger partial charge in [-0.3, -0.25) is 0 Å². The summed E-state index contributed by atoms with van der Waals surface area (Å²) in [6.45, 7) is 0.0553. The van der Waals surface area contributed by atoms with E-state index in [0.29, 0.717) is 5.82 Å². The number of hydrogen-bond acceptors (Lipinski definition) is 5. The first-order chi connectivity index (χ1) is 8.49. The van der Waals surface area contributed by atoms with E-state index < -0.39 is 10.0 Å². The van der Waals surface area contributed by atoms with Gasteiger partial charge in [0.1, 0.15) is 17.9 Å². The third kappa shape index (κ3) is 2.66. The molecule has 1 aromatic heterocycles. The maximum Gasteiger partial charge on any atom is 0.240 e. The molecule has 0 radical (unpaired) electrons. The summed E-state index contributed by atoms with van der Waals surface area (Å²) in [7, 11) is -1.89. The van der Waals surface area contributed by atoms with E-state index in [-0.39, 0.29) is 17.2 Å². The molecule has 7 nitrogen and oxygen atoms in total. The molecular weight excluding hydrogens is 256 g/mol. The molecule has 0 aliphatic heterocycles. The largest absolute Gasteiger partial charge is 0.508 e. The first kappa shape index (κ1) is 12.5. The van der Waals surface area contributed by atoms with Crippen LogP contribution in [0.2, 0.25) is 0 Å². The smallest absolute Gasteiger partial charge is 0.240 e. The molecule has 1 heterocycles. The lowest BCUT2D eigenvalue weighted by Gasteiger charge is -2.06. The molecule has 0 unspecified atom stereocenters. The molecule has 0 spiro atoms. The number of aryl methyl sites for hydroxylation is 1. The van der Waals surface area contributed by atoms with Gasteiger partial charge in [0, 0.05) is 7.05 Å². The molecule has 0 aliphatic carbocycles. The van der Waals surface area contributed by atoms with Crippen LogP contribution in [0, 0.1) is 0 Å². The molecular formula is C10H12N4O3S. The van der Waals surface area contributed by atoms with Gasteiger partial charge >= 0.3 is 0 Å². The summed E-state index contributed by atoms with van der Waals surface area (Å²) in [4.78, 5) is 0.0856. The molecule has 0 atom stereocenters. The molecule has 2 N–H and O–H groups in total. The van der Waals surface area contributed by atoms with E-state index in [9.17, 15) is 8.42 Å². The fourth-order valence-electron chi connectivity index (χ4n) is 1.34. The average Bonchev–Trinajstić information content (AvgIpc) is 2.73. The first-order valence-corrected chi connectivity index (χ1v) is 6.59. The third-order valence-corrected chi connectivity index (χ3v) is 3.79. The van der Waals surface area contributed by atoms with Gasteiger partial charge in [-0.15, -0.1) is 10.2 Å². The number of aromatic nitrogens is 3. The van der Waals surface area contributed by atoms with Crippen molar-refractivity contribution in [1.29, 1.82) is 0 Å². The SMILES string of the molecule is Cn1cnnc1CNS(=O)(=O)c1ccc(O)cc1. The monoisotopic (exact) mass is 268 g/mol. The number of benzene rings is 1. The molecule has 0 fully saturated rings. The topological polar surface area (TPSA) is 97.1 Å².